The molecule has 6 amide bonds. The maximum absolute atomic E-state index is 13.4. The number of hydrogen-bond donors (Lipinski definition) is 3. The van der Waals surface area contributed by atoms with Gasteiger partial charge in [0.15, 0.2) is 5.56 Å². The molecule has 0 aliphatic carbocycles. The molecule has 4 aliphatic rings. The van der Waals surface area contributed by atoms with E-state index in [1.54, 1.807) is 72.8 Å². The van der Waals surface area contributed by atoms with Crippen molar-refractivity contribution in [3.05, 3.63) is 119 Å². The number of carboxylic acids is 1. The molecule has 3 N–H and O–H groups in total. The van der Waals surface area contributed by atoms with E-state index in [1.807, 2.05) is 67.4 Å². The summed E-state index contributed by atoms with van der Waals surface area (Å²) in [4.78, 5) is 111. The molecule has 4 heterocycles. The number of nitrogens with one attached hydrogen (secondary N) is 2. The van der Waals surface area contributed by atoms with Gasteiger partial charge in [-0.25, -0.2) is 29.8 Å². The summed E-state index contributed by atoms with van der Waals surface area (Å²) in [6.07, 6.45) is 5.33. The summed E-state index contributed by atoms with van der Waals surface area (Å²) in [5.74, 6) is 0.473. The molecule has 0 spiro atoms. The van der Waals surface area contributed by atoms with Gasteiger partial charge in [0, 0.05) is 79.6 Å². The van der Waals surface area contributed by atoms with Gasteiger partial charge in [0.1, 0.15) is 12.2 Å². The molecule has 21 nitrogen and oxygen atoms in total. The predicted octanol–water partition coefficient (Wildman–Crippen LogP) is 6.19. The minimum absolute atomic E-state index is 0. The third-order valence-electron chi connectivity index (χ3n) is 12.4. The molecule has 85 heavy (non-hydrogen) atoms. The van der Waals surface area contributed by atoms with E-state index in [-0.39, 0.29) is 117 Å². The number of unbranched alkanes of at least 4 members (excludes halogenated alkanes) is 2. The van der Waals surface area contributed by atoms with Crippen LogP contribution < -0.4 is 128 Å². The van der Waals surface area contributed by atoms with Gasteiger partial charge in [-0.1, -0.05) is 140 Å². The number of hydrogen-bond acceptors (Lipinski definition) is 20. The van der Waals surface area contributed by atoms with E-state index in [1.165, 1.54) is 68.3 Å². The van der Waals surface area contributed by atoms with Crippen molar-refractivity contribution >= 4 is 132 Å². The number of anilines is 4. The van der Waals surface area contributed by atoms with Crippen LogP contribution in [0.5, 0.6) is 0 Å². The normalized spacial score (nSPS) is 17.3. The molecule has 2 unspecified atom stereocenters. The van der Waals surface area contributed by atoms with Crippen LogP contribution in [0, 0.1) is 0 Å². The number of amides is 6. The fourth-order valence-corrected chi connectivity index (χ4v) is 15.1. The molecule has 4 aliphatic heterocycles. The summed E-state index contributed by atoms with van der Waals surface area (Å²) in [6.45, 7) is 5.39. The van der Waals surface area contributed by atoms with E-state index < -0.39 is 72.2 Å². The van der Waals surface area contributed by atoms with Crippen molar-refractivity contribution in [1.82, 2.24) is 10.6 Å². The number of carboxylic acid groups (broad SMARTS) is 1. The Hall–Kier alpha value is -3.37. The molecule has 0 radical (unpaired) electrons. The average molecular weight is 1320 g/mol. The first-order valence-electron chi connectivity index (χ1n) is 26.5. The SMILES string of the molecule is CC(=O)O[C@H]1Cc2ccccc2N(C(=O)NC(=O)OC(C)Cl)c2ccccc21.CC(=O)O[C@H]1Cc2ccccc2N(C(=O)NC(=O)OC(C)OC(=O)CCCC[C@@H]2CCSS2)c2ccccc21.O=C(O)CCCC[C@@H]1CCSS1.O=CO[O-].[H-].[K+].[K+]. The standard InChI is InChI=1S/C28H32N2O7S2.C20H19ClN2O5.C8H14O2S2.CH2O3.2K.H/c1-18(31)35-25-17-20-9-3-6-12-23(20)30(24-13-7-5-11-22(24)25)27(33)29-28(34)37-19(2)36-26(32)14-8-4-10-21-15-16-38-39-21;1-12(21)27-20(26)22-19(25)23-16-9-5-3-7-14(16)11-18(28-13(2)24)15-8-4-6-10-17(15)23;9-8(10)4-2-1-3-7-5-6-11-12-7;2-1-4-3;;;/h3,5-7,9,11-13,19,21,25H,4,8,10,14-17H2,1-2H3,(H,29,33,34);3-10,12,18H,11H2,1-2H3,(H,22,25,26);7H,1-6H2,(H,9,10);1,3H;;;/q;;;;2*+1;-1/p-1/t19?,21-,25+;12?,18-;7-;;;;/m101..../s1. The van der Waals surface area contributed by atoms with Gasteiger partial charge in [-0.05, 0) is 80.8 Å². The number of carbonyl (C=O) groups is 9. The maximum Gasteiger partial charge on any atom is 1.00 e. The van der Waals surface area contributed by atoms with Crippen LogP contribution in [0.4, 0.5) is 41.9 Å². The largest absolute Gasteiger partial charge is 1.00 e. The summed E-state index contributed by atoms with van der Waals surface area (Å²) < 4.78 is 26.2. The Morgan fingerprint density at radius 2 is 1.04 bits per heavy atom. The van der Waals surface area contributed by atoms with Crippen molar-refractivity contribution in [2.45, 2.75) is 139 Å². The van der Waals surface area contributed by atoms with Gasteiger partial charge in [-0.15, -0.1) is 0 Å². The van der Waals surface area contributed by atoms with Crippen LogP contribution >= 0.6 is 54.8 Å². The summed E-state index contributed by atoms with van der Waals surface area (Å²) >= 11 is 5.64. The number of imide groups is 2. The van der Waals surface area contributed by atoms with Gasteiger partial charge in [0.2, 0.25) is 6.29 Å². The monoisotopic (exact) mass is 1320 g/mol. The second-order valence-electron chi connectivity index (χ2n) is 18.7. The summed E-state index contributed by atoms with van der Waals surface area (Å²) in [7, 11) is 7.73. The molecule has 0 aromatic heterocycles. The molecule has 450 valence electrons. The van der Waals surface area contributed by atoms with Crippen LogP contribution in [0.1, 0.15) is 128 Å². The second kappa shape index (κ2) is 41.0. The first-order valence-corrected chi connectivity index (χ1v) is 31.7. The molecule has 2 saturated heterocycles. The molecular weight excluding hydrogens is 1250 g/mol. The number of alkyl halides is 1. The smallest absolute Gasteiger partial charge is 1.00 e. The number of benzene rings is 4. The van der Waals surface area contributed by atoms with Gasteiger partial charge in [0.05, 0.1) is 22.7 Å². The number of urea groups is 2. The summed E-state index contributed by atoms with van der Waals surface area (Å²) in [6, 6.07) is 27.1. The van der Waals surface area contributed by atoms with Gasteiger partial charge < -0.3 is 40.4 Å². The molecule has 28 heteroatoms. The number of ether oxygens (including phenoxy) is 5. The quantitative estimate of drug-likeness (QED) is 0.0108. The van der Waals surface area contributed by atoms with E-state index in [0.29, 0.717) is 64.8 Å². The third kappa shape index (κ3) is 26.3. The third-order valence-corrected chi connectivity index (χ3v) is 18.5. The van der Waals surface area contributed by atoms with E-state index >= 15 is 0 Å². The van der Waals surface area contributed by atoms with Crippen molar-refractivity contribution in [1.29, 1.82) is 0 Å². The van der Waals surface area contributed by atoms with Gasteiger partial charge in [-0.2, -0.15) is 0 Å². The Labute approximate surface area is 601 Å². The first kappa shape index (κ1) is 75.9. The maximum atomic E-state index is 13.4. The van der Waals surface area contributed by atoms with E-state index in [4.69, 9.17) is 50.4 Å². The van der Waals surface area contributed by atoms with E-state index in [9.17, 15) is 38.4 Å². The average Bonchev–Trinajstić information content (AvgIpc) is 1.99. The minimum atomic E-state index is -1.16. The summed E-state index contributed by atoms with van der Waals surface area (Å²) in [5, 5.41) is 22.7. The van der Waals surface area contributed by atoms with Crippen molar-refractivity contribution < 1.29 is 186 Å². The van der Waals surface area contributed by atoms with Crippen molar-refractivity contribution in [3.63, 3.8) is 0 Å². The van der Waals surface area contributed by atoms with Gasteiger partial charge in [0.25, 0.3) is 6.47 Å². The number of aliphatic carboxylic acids is 1. The topological polar surface area (TPSA) is 283 Å². The Bertz CT molecular complexity index is 2860. The Morgan fingerprint density at radius 3 is 1.42 bits per heavy atom. The van der Waals surface area contributed by atoms with Gasteiger partial charge >= 0.3 is 151 Å². The second-order valence-corrected chi connectivity index (χ2v) is 24.8. The zero-order valence-electron chi connectivity index (χ0n) is 49.1. The van der Waals surface area contributed by atoms with Crippen molar-refractivity contribution in [2.24, 2.45) is 0 Å². The number of rotatable bonds is 16. The van der Waals surface area contributed by atoms with Crippen LogP contribution in [0.15, 0.2) is 97.1 Å². The van der Waals surface area contributed by atoms with E-state index in [2.05, 4.69) is 15.5 Å². The number of nitrogens with zero attached hydrogens (tertiary/aromatic N) is 2. The van der Waals surface area contributed by atoms with Crippen LogP contribution in [-0.4, -0.2) is 93.6 Å². The number of alkyl carbamates (subject to hydrolysis) is 2. The number of fused-ring (bicyclic) bond motifs is 4. The molecule has 2 fully saturated rings. The minimum Gasteiger partial charge on any atom is -1.00 e. The van der Waals surface area contributed by atoms with Crippen LogP contribution in [0.2, 0.25) is 0 Å². The Kier molecular flexibility index (Phi) is 36.6. The number of halogens is 1. The molecule has 0 bridgehead atoms. The van der Waals surface area contributed by atoms with E-state index in [0.717, 1.165) is 42.1 Å². The molecule has 8 rings (SSSR count). The molecule has 6 atom stereocenters. The number of esters is 3. The predicted molar refractivity (Wildman–Crippen MR) is 317 cm³/mol. The van der Waals surface area contributed by atoms with Crippen LogP contribution in [0.25, 0.3) is 0 Å². The molecule has 0 saturated carbocycles. The Morgan fingerprint density at radius 1 is 0.635 bits per heavy atom. The fraction of sp³-hybridized carbons (Fsp3) is 0.421. The number of para-hydroxylation sites is 4. The number of carbonyl (C=O) groups excluding carboxylic acids is 8. The summed E-state index contributed by atoms with van der Waals surface area (Å²) in [5.41, 5.74) is 4.03. The molecular formula is C57H67ClK2N4O17S4. The van der Waals surface area contributed by atoms with Gasteiger partial charge in [-0.3, -0.25) is 33.8 Å². The Balaban J connectivity index is 0.000000467. The zero-order valence-corrected chi connectivity index (χ0v) is 58.3. The van der Waals surface area contributed by atoms with Crippen molar-refractivity contribution in [3.8, 4) is 0 Å². The zero-order chi connectivity index (χ0) is 60.3. The molecule has 4 aromatic rings. The fourth-order valence-electron chi connectivity index (χ4n) is 8.99. The first-order chi connectivity index (χ1) is 39.9. The molecule has 4 aromatic carbocycles. The van der Waals surface area contributed by atoms with Crippen LogP contribution in [0.3, 0.4) is 0 Å². The van der Waals surface area contributed by atoms with Crippen LogP contribution in [-0.2, 0) is 65.4 Å². The van der Waals surface area contributed by atoms with Crippen molar-refractivity contribution in [2.75, 3.05) is 21.3 Å².